The van der Waals surface area contributed by atoms with Crippen molar-refractivity contribution < 1.29 is 28.5 Å². The summed E-state index contributed by atoms with van der Waals surface area (Å²) >= 11 is 0. The molecule has 0 atom stereocenters. The molecule has 0 aromatic heterocycles. The number of para-hydroxylation sites is 2. The Balaban J connectivity index is 2.17. The molecule has 0 fully saturated rings. The summed E-state index contributed by atoms with van der Waals surface area (Å²) in [6.45, 7) is 2.27. The molecule has 0 unspecified atom stereocenters. The van der Waals surface area contributed by atoms with Gasteiger partial charge in [-0.3, -0.25) is 4.79 Å². The summed E-state index contributed by atoms with van der Waals surface area (Å²) in [5, 5.41) is 5.72. The van der Waals surface area contributed by atoms with Crippen molar-refractivity contribution in [3.8, 4) is 17.2 Å². The van der Waals surface area contributed by atoms with Crippen molar-refractivity contribution in [1.82, 2.24) is 0 Å². The smallest absolute Gasteiger partial charge is 0.340 e. The number of amides is 1. The number of hydrogen-bond donors (Lipinski definition) is 2. The molecule has 150 valence electrons. The summed E-state index contributed by atoms with van der Waals surface area (Å²) in [5.74, 6) is 0.506. The Morgan fingerprint density at radius 1 is 0.929 bits per heavy atom. The fraction of sp³-hybridized carbons (Fsp3) is 0.300. The lowest BCUT2D eigenvalue weighted by atomic mass is 10.1. The second-order valence-corrected chi connectivity index (χ2v) is 5.58. The first-order valence-corrected chi connectivity index (χ1v) is 8.63. The zero-order valence-corrected chi connectivity index (χ0v) is 16.3. The van der Waals surface area contributed by atoms with Crippen molar-refractivity contribution in [2.75, 3.05) is 45.1 Å². The minimum Gasteiger partial charge on any atom is -0.493 e. The molecule has 0 bridgehead atoms. The average Bonchev–Trinajstić information content (AvgIpc) is 2.72. The van der Waals surface area contributed by atoms with Crippen LogP contribution >= 0.6 is 0 Å². The van der Waals surface area contributed by atoms with Crippen molar-refractivity contribution in [2.24, 2.45) is 0 Å². The minimum atomic E-state index is -0.564. The summed E-state index contributed by atoms with van der Waals surface area (Å²) in [6, 6.07) is 10.2. The van der Waals surface area contributed by atoms with Gasteiger partial charge >= 0.3 is 5.97 Å². The molecule has 0 saturated heterocycles. The second-order valence-electron chi connectivity index (χ2n) is 5.58. The van der Waals surface area contributed by atoms with E-state index in [4.69, 9.17) is 18.9 Å². The van der Waals surface area contributed by atoms with Crippen LogP contribution < -0.4 is 24.8 Å². The van der Waals surface area contributed by atoms with Gasteiger partial charge in [-0.2, -0.15) is 0 Å². The SMILES string of the molecule is CCOc1ccccc1NC(=O)CNc1cc(OC)c(OC)cc1C(=O)OC. The third kappa shape index (κ3) is 5.06. The lowest BCUT2D eigenvalue weighted by Crippen LogP contribution is -2.23. The molecule has 1 amide bonds. The molecule has 0 spiro atoms. The van der Waals surface area contributed by atoms with Crippen molar-refractivity contribution >= 4 is 23.3 Å². The fourth-order valence-corrected chi connectivity index (χ4v) is 2.53. The Morgan fingerprint density at radius 2 is 1.61 bits per heavy atom. The molecule has 28 heavy (non-hydrogen) atoms. The van der Waals surface area contributed by atoms with Crippen molar-refractivity contribution in [3.63, 3.8) is 0 Å². The Kier molecular flexibility index (Phi) is 7.50. The number of anilines is 2. The third-order valence-corrected chi connectivity index (χ3v) is 3.83. The molecular formula is C20H24N2O6. The quantitative estimate of drug-likeness (QED) is 0.638. The topological polar surface area (TPSA) is 95.1 Å². The molecule has 0 aliphatic heterocycles. The van der Waals surface area contributed by atoms with E-state index in [0.717, 1.165) is 0 Å². The number of hydrogen-bond acceptors (Lipinski definition) is 7. The Bertz CT molecular complexity index is 837. The van der Waals surface area contributed by atoms with Gasteiger partial charge in [-0.1, -0.05) is 12.1 Å². The average molecular weight is 388 g/mol. The van der Waals surface area contributed by atoms with Gasteiger partial charge in [0.15, 0.2) is 11.5 Å². The molecule has 2 rings (SSSR count). The Labute approximate surface area is 163 Å². The maximum Gasteiger partial charge on any atom is 0.340 e. The van der Waals surface area contributed by atoms with E-state index in [1.807, 2.05) is 13.0 Å². The van der Waals surface area contributed by atoms with Crippen LogP contribution in [0.3, 0.4) is 0 Å². The number of carbonyl (C=O) groups is 2. The summed E-state index contributed by atoms with van der Waals surface area (Å²) in [6.07, 6.45) is 0. The third-order valence-electron chi connectivity index (χ3n) is 3.83. The largest absolute Gasteiger partial charge is 0.493 e. The van der Waals surface area contributed by atoms with Gasteiger partial charge < -0.3 is 29.6 Å². The van der Waals surface area contributed by atoms with Crippen LogP contribution in [0.2, 0.25) is 0 Å². The first-order chi connectivity index (χ1) is 13.5. The molecule has 8 heteroatoms. The van der Waals surface area contributed by atoms with E-state index in [9.17, 15) is 9.59 Å². The van der Waals surface area contributed by atoms with Gasteiger partial charge in [0.1, 0.15) is 5.75 Å². The van der Waals surface area contributed by atoms with Gasteiger partial charge in [-0.05, 0) is 19.1 Å². The summed E-state index contributed by atoms with van der Waals surface area (Å²) in [4.78, 5) is 24.4. The summed E-state index contributed by atoms with van der Waals surface area (Å²) in [5.41, 5.74) is 1.18. The number of nitrogens with one attached hydrogen (secondary N) is 2. The zero-order chi connectivity index (χ0) is 20.5. The normalized spacial score (nSPS) is 10.0. The summed E-state index contributed by atoms with van der Waals surface area (Å²) in [7, 11) is 4.23. The Hall–Kier alpha value is -3.42. The first kappa shape index (κ1) is 20.9. The van der Waals surface area contributed by atoms with Gasteiger partial charge in [0.05, 0.1) is 51.4 Å². The van der Waals surface area contributed by atoms with Gasteiger partial charge in [-0.25, -0.2) is 4.79 Å². The van der Waals surface area contributed by atoms with Crippen LogP contribution in [-0.4, -0.2) is 46.4 Å². The zero-order valence-electron chi connectivity index (χ0n) is 16.3. The standard InChI is InChI=1S/C20H24N2O6/c1-5-28-16-9-7-6-8-14(16)22-19(23)12-21-15-11-18(26-3)17(25-2)10-13(15)20(24)27-4/h6-11,21H,5,12H2,1-4H3,(H,22,23). The number of carbonyl (C=O) groups excluding carboxylic acids is 2. The fourth-order valence-electron chi connectivity index (χ4n) is 2.53. The molecule has 0 aliphatic rings. The van der Waals surface area contributed by atoms with E-state index >= 15 is 0 Å². The first-order valence-electron chi connectivity index (χ1n) is 8.63. The van der Waals surface area contributed by atoms with Crippen molar-refractivity contribution in [1.29, 1.82) is 0 Å². The molecule has 0 heterocycles. The van der Waals surface area contributed by atoms with Crippen LogP contribution in [0, 0.1) is 0 Å². The van der Waals surface area contributed by atoms with Crippen LogP contribution in [0.5, 0.6) is 17.2 Å². The van der Waals surface area contributed by atoms with Gasteiger partial charge in [-0.15, -0.1) is 0 Å². The van der Waals surface area contributed by atoms with E-state index in [0.29, 0.717) is 35.2 Å². The van der Waals surface area contributed by atoms with Crippen LogP contribution in [0.25, 0.3) is 0 Å². The molecule has 2 N–H and O–H groups in total. The molecule has 2 aromatic carbocycles. The van der Waals surface area contributed by atoms with Crippen LogP contribution in [0.1, 0.15) is 17.3 Å². The maximum atomic E-state index is 12.4. The highest BCUT2D eigenvalue weighted by atomic mass is 16.5. The van der Waals surface area contributed by atoms with Crippen molar-refractivity contribution in [2.45, 2.75) is 6.92 Å². The van der Waals surface area contributed by atoms with Gasteiger partial charge in [0.25, 0.3) is 0 Å². The van der Waals surface area contributed by atoms with Crippen LogP contribution in [0.4, 0.5) is 11.4 Å². The van der Waals surface area contributed by atoms with E-state index in [1.54, 1.807) is 24.3 Å². The number of benzene rings is 2. The molecule has 8 nitrogen and oxygen atoms in total. The molecular weight excluding hydrogens is 364 g/mol. The lowest BCUT2D eigenvalue weighted by Gasteiger charge is -2.16. The van der Waals surface area contributed by atoms with E-state index in [1.165, 1.54) is 27.4 Å². The van der Waals surface area contributed by atoms with E-state index in [-0.39, 0.29) is 18.0 Å². The van der Waals surface area contributed by atoms with Crippen LogP contribution in [0.15, 0.2) is 36.4 Å². The highest BCUT2D eigenvalue weighted by Crippen LogP contribution is 2.33. The van der Waals surface area contributed by atoms with E-state index in [2.05, 4.69) is 10.6 Å². The summed E-state index contributed by atoms with van der Waals surface area (Å²) < 4.78 is 20.8. The molecule has 2 aromatic rings. The minimum absolute atomic E-state index is 0.0834. The van der Waals surface area contributed by atoms with Crippen molar-refractivity contribution in [3.05, 3.63) is 42.0 Å². The molecule has 0 saturated carbocycles. The monoisotopic (exact) mass is 388 g/mol. The highest BCUT2D eigenvalue weighted by molar-refractivity contribution is 5.99. The predicted octanol–water partition coefficient (Wildman–Crippen LogP) is 2.94. The van der Waals surface area contributed by atoms with Crippen LogP contribution in [-0.2, 0) is 9.53 Å². The van der Waals surface area contributed by atoms with E-state index < -0.39 is 5.97 Å². The number of ether oxygens (including phenoxy) is 4. The number of methoxy groups -OCH3 is 3. The highest BCUT2D eigenvalue weighted by Gasteiger charge is 2.18. The maximum absolute atomic E-state index is 12.4. The lowest BCUT2D eigenvalue weighted by molar-refractivity contribution is -0.114. The molecule has 0 aliphatic carbocycles. The number of rotatable bonds is 9. The number of esters is 1. The van der Waals surface area contributed by atoms with Gasteiger partial charge in [0, 0.05) is 12.1 Å². The second kappa shape index (κ2) is 10.1. The predicted molar refractivity (Wildman–Crippen MR) is 106 cm³/mol. The van der Waals surface area contributed by atoms with Gasteiger partial charge in [0.2, 0.25) is 5.91 Å². The Morgan fingerprint density at radius 3 is 2.25 bits per heavy atom. The molecule has 0 radical (unpaired) electrons.